The summed E-state index contributed by atoms with van der Waals surface area (Å²) in [4.78, 5) is 13.8. The first-order chi connectivity index (χ1) is 13.0. The van der Waals surface area contributed by atoms with Crippen molar-refractivity contribution in [2.45, 2.75) is 39.4 Å². The van der Waals surface area contributed by atoms with E-state index in [0.29, 0.717) is 25.7 Å². The van der Waals surface area contributed by atoms with Gasteiger partial charge >= 0.3 is 0 Å². The first-order valence-electron chi connectivity index (χ1n) is 9.62. The van der Waals surface area contributed by atoms with E-state index in [4.69, 9.17) is 14.1 Å². The number of β-amino-alcohol motifs (C(OH)–C–C–N with tert-alkyl or cyclic N) is 1. The molecule has 1 fully saturated rings. The Morgan fingerprint density at radius 2 is 2.00 bits per heavy atom. The van der Waals surface area contributed by atoms with E-state index in [-0.39, 0.29) is 0 Å². The Morgan fingerprint density at radius 3 is 2.67 bits per heavy atom. The largest absolute Gasteiger partial charge is 0.467 e. The predicted octanol–water partition coefficient (Wildman–Crippen LogP) is 2.20. The third-order valence-electron chi connectivity index (χ3n) is 4.67. The Hall–Kier alpha value is -1.96. The summed E-state index contributed by atoms with van der Waals surface area (Å²) in [5.41, 5.74) is 1.01. The normalized spacial score (nSPS) is 16.9. The molecule has 0 saturated carbocycles. The number of aromatic nitrogens is 2. The van der Waals surface area contributed by atoms with Crippen LogP contribution in [0.25, 0.3) is 0 Å². The van der Waals surface area contributed by atoms with Gasteiger partial charge in [0.2, 0.25) is 0 Å². The predicted molar refractivity (Wildman–Crippen MR) is 104 cm³/mol. The molecular weight excluding hydrogens is 344 g/mol. The molecule has 1 saturated heterocycles. The Kier molecular flexibility index (Phi) is 6.82. The zero-order chi connectivity index (χ0) is 19.2. The van der Waals surface area contributed by atoms with E-state index >= 15 is 0 Å². The molecule has 0 spiro atoms. The summed E-state index contributed by atoms with van der Waals surface area (Å²) in [6.45, 7) is 11.2. The van der Waals surface area contributed by atoms with Gasteiger partial charge in [-0.1, -0.05) is 13.8 Å². The Bertz CT molecular complexity index is 697. The molecule has 3 heterocycles. The number of rotatable bonds is 8. The Balaban J connectivity index is 1.43. The molecule has 7 heteroatoms. The average Bonchev–Trinajstić information content (AvgIpc) is 3.15. The van der Waals surface area contributed by atoms with E-state index in [1.165, 1.54) is 0 Å². The van der Waals surface area contributed by atoms with Gasteiger partial charge in [0.15, 0.2) is 0 Å². The standard InChI is InChI=1S/C20H30N4O3/c1-15(2)20-21-16(3)11-19(22-20)24-8-6-23(7-9-24)12-17(25)13-26-14-18-5-4-10-27-18/h4-5,10-11,15,17,25H,6-9,12-14H2,1-3H3. The number of anilines is 1. The maximum absolute atomic E-state index is 10.2. The van der Waals surface area contributed by atoms with Crippen molar-refractivity contribution < 1.29 is 14.3 Å². The van der Waals surface area contributed by atoms with Crippen LogP contribution >= 0.6 is 0 Å². The van der Waals surface area contributed by atoms with Gasteiger partial charge in [-0.25, -0.2) is 9.97 Å². The van der Waals surface area contributed by atoms with Crippen molar-refractivity contribution in [3.05, 3.63) is 41.7 Å². The number of nitrogens with zero attached hydrogens (tertiary/aromatic N) is 4. The van der Waals surface area contributed by atoms with E-state index in [0.717, 1.165) is 49.3 Å². The molecule has 0 amide bonds. The molecule has 1 unspecified atom stereocenters. The number of ether oxygens (including phenoxy) is 1. The molecule has 27 heavy (non-hydrogen) atoms. The molecule has 7 nitrogen and oxygen atoms in total. The van der Waals surface area contributed by atoms with Crippen molar-refractivity contribution in [2.24, 2.45) is 0 Å². The molecule has 3 rings (SSSR count). The van der Waals surface area contributed by atoms with Gasteiger partial charge in [0.25, 0.3) is 0 Å². The lowest BCUT2D eigenvalue weighted by molar-refractivity contribution is 0.00440. The second-order valence-electron chi connectivity index (χ2n) is 7.42. The summed E-state index contributed by atoms with van der Waals surface area (Å²) in [6, 6.07) is 5.75. The quantitative estimate of drug-likeness (QED) is 0.759. The van der Waals surface area contributed by atoms with E-state index in [1.807, 2.05) is 19.1 Å². The number of hydrogen-bond donors (Lipinski definition) is 1. The fourth-order valence-corrected chi connectivity index (χ4v) is 3.20. The smallest absolute Gasteiger partial charge is 0.133 e. The highest BCUT2D eigenvalue weighted by atomic mass is 16.5. The first-order valence-corrected chi connectivity index (χ1v) is 9.62. The topological polar surface area (TPSA) is 74.9 Å². The summed E-state index contributed by atoms with van der Waals surface area (Å²) >= 11 is 0. The summed E-state index contributed by atoms with van der Waals surface area (Å²) < 4.78 is 10.7. The summed E-state index contributed by atoms with van der Waals surface area (Å²) in [5, 5.41) is 10.2. The van der Waals surface area contributed by atoms with Crippen LogP contribution in [0.15, 0.2) is 28.9 Å². The van der Waals surface area contributed by atoms with Crippen LogP contribution in [-0.2, 0) is 11.3 Å². The zero-order valence-electron chi connectivity index (χ0n) is 16.5. The fourth-order valence-electron chi connectivity index (χ4n) is 3.20. The summed E-state index contributed by atoms with van der Waals surface area (Å²) in [5.74, 6) is 3.00. The van der Waals surface area contributed by atoms with Crippen LogP contribution in [0.2, 0.25) is 0 Å². The molecule has 1 atom stereocenters. The fraction of sp³-hybridized carbons (Fsp3) is 0.600. The van der Waals surface area contributed by atoms with E-state index in [9.17, 15) is 5.11 Å². The van der Waals surface area contributed by atoms with Crippen LogP contribution in [0, 0.1) is 6.92 Å². The molecule has 1 aliphatic rings. The Labute approximate surface area is 161 Å². The van der Waals surface area contributed by atoms with Gasteiger partial charge in [0, 0.05) is 50.4 Å². The van der Waals surface area contributed by atoms with Crippen LogP contribution in [0.1, 0.15) is 37.0 Å². The summed E-state index contributed by atoms with van der Waals surface area (Å²) in [7, 11) is 0. The molecule has 2 aromatic rings. The lowest BCUT2D eigenvalue weighted by atomic mass is 10.2. The average molecular weight is 374 g/mol. The number of aliphatic hydroxyl groups is 1. The maximum atomic E-state index is 10.2. The monoisotopic (exact) mass is 374 g/mol. The van der Waals surface area contributed by atoms with Crippen LogP contribution in [-0.4, -0.2) is 65.4 Å². The minimum Gasteiger partial charge on any atom is -0.467 e. The number of aliphatic hydroxyl groups excluding tert-OH is 1. The highest BCUT2D eigenvalue weighted by molar-refractivity contribution is 5.40. The van der Waals surface area contributed by atoms with Crippen LogP contribution < -0.4 is 4.90 Å². The van der Waals surface area contributed by atoms with Crippen molar-refractivity contribution in [3.8, 4) is 0 Å². The minimum atomic E-state index is -0.500. The van der Waals surface area contributed by atoms with E-state index < -0.39 is 6.10 Å². The SMILES string of the molecule is Cc1cc(N2CCN(CC(O)COCc3ccco3)CC2)nc(C(C)C)n1. The molecule has 0 bridgehead atoms. The molecule has 0 aromatic carbocycles. The van der Waals surface area contributed by atoms with E-state index in [2.05, 4.69) is 34.7 Å². The van der Waals surface area contributed by atoms with Gasteiger partial charge in [-0.15, -0.1) is 0 Å². The molecular formula is C20H30N4O3. The van der Waals surface area contributed by atoms with Crippen LogP contribution in [0.5, 0.6) is 0 Å². The van der Waals surface area contributed by atoms with Crippen LogP contribution in [0.4, 0.5) is 5.82 Å². The number of furan rings is 1. The third-order valence-corrected chi connectivity index (χ3v) is 4.67. The molecule has 1 aliphatic heterocycles. The third kappa shape index (κ3) is 5.76. The zero-order valence-corrected chi connectivity index (χ0v) is 16.5. The molecule has 1 N–H and O–H groups in total. The minimum absolute atomic E-state index is 0.309. The van der Waals surface area contributed by atoms with Crippen molar-refractivity contribution >= 4 is 5.82 Å². The van der Waals surface area contributed by atoms with Gasteiger partial charge in [-0.2, -0.15) is 0 Å². The van der Waals surface area contributed by atoms with Gasteiger partial charge in [-0.3, -0.25) is 4.90 Å². The summed E-state index contributed by atoms with van der Waals surface area (Å²) in [6.07, 6.45) is 1.12. The first kappa shape index (κ1) is 19.8. The lowest BCUT2D eigenvalue weighted by Gasteiger charge is -2.36. The molecule has 0 radical (unpaired) electrons. The van der Waals surface area contributed by atoms with Gasteiger partial charge in [-0.05, 0) is 19.1 Å². The molecule has 2 aromatic heterocycles. The Morgan fingerprint density at radius 1 is 1.22 bits per heavy atom. The van der Waals surface area contributed by atoms with E-state index in [1.54, 1.807) is 6.26 Å². The second-order valence-corrected chi connectivity index (χ2v) is 7.42. The number of aryl methyl sites for hydroxylation is 1. The highest BCUT2D eigenvalue weighted by Gasteiger charge is 2.21. The van der Waals surface area contributed by atoms with Crippen molar-refractivity contribution in [1.82, 2.24) is 14.9 Å². The number of piperazine rings is 1. The second kappa shape index (κ2) is 9.30. The van der Waals surface area contributed by atoms with Gasteiger partial charge in [0.05, 0.1) is 19.0 Å². The van der Waals surface area contributed by atoms with Crippen molar-refractivity contribution in [1.29, 1.82) is 0 Å². The van der Waals surface area contributed by atoms with Crippen molar-refractivity contribution in [2.75, 3.05) is 44.2 Å². The lowest BCUT2D eigenvalue weighted by Crippen LogP contribution is -2.49. The van der Waals surface area contributed by atoms with Gasteiger partial charge in [0.1, 0.15) is 24.0 Å². The highest BCUT2D eigenvalue weighted by Crippen LogP contribution is 2.18. The van der Waals surface area contributed by atoms with Gasteiger partial charge < -0.3 is 19.2 Å². The van der Waals surface area contributed by atoms with Crippen LogP contribution in [0.3, 0.4) is 0 Å². The number of hydrogen-bond acceptors (Lipinski definition) is 7. The maximum Gasteiger partial charge on any atom is 0.133 e. The molecule has 148 valence electrons. The molecule has 0 aliphatic carbocycles. The van der Waals surface area contributed by atoms with Crippen molar-refractivity contribution in [3.63, 3.8) is 0 Å².